The van der Waals surface area contributed by atoms with Crippen molar-refractivity contribution in [2.45, 2.75) is 38.0 Å². The van der Waals surface area contributed by atoms with Crippen LogP contribution in [0, 0.1) is 0 Å². The zero-order valence-corrected chi connectivity index (χ0v) is 11.6. The monoisotopic (exact) mass is 299 g/mol. The lowest BCUT2D eigenvalue weighted by Crippen LogP contribution is -2.59. The minimum atomic E-state index is -4.47. The predicted molar refractivity (Wildman–Crippen MR) is 70.8 cm³/mol. The number of aromatic nitrogens is 1. The van der Waals surface area contributed by atoms with E-state index in [4.69, 9.17) is 0 Å². The smallest absolute Gasteiger partial charge is 0.343 e. The first-order chi connectivity index (χ1) is 9.88. The first kappa shape index (κ1) is 14.2. The summed E-state index contributed by atoms with van der Waals surface area (Å²) < 4.78 is 38.3. The molecule has 1 amide bonds. The number of piperazine rings is 1. The Morgan fingerprint density at radius 2 is 2.05 bits per heavy atom. The van der Waals surface area contributed by atoms with Crippen LogP contribution in [0.2, 0.25) is 0 Å². The third-order valence-corrected chi connectivity index (χ3v) is 4.21. The third kappa shape index (κ3) is 2.45. The Labute approximate surface area is 120 Å². The van der Waals surface area contributed by atoms with Crippen LogP contribution in [0.15, 0.2) is 18.2 Å². The highest BCUT2D eigenvalue weighted by molar-refractivity contribution is 5.86. The summed E-state index contributed by atoms with van der Waals surface area (Å²) in [5, 5.41) is 0. The topological polar surface area (TPSA) is 36.4 Å². The zero-order chi connectivity index (χ0) is 15.2. The van der Waals surface area contributed by atoms with E-state index >= 15 is 0 Å². The number of carbonyl (C=O) groups is 1. The van der Waals surface area contributed by atoms with Crippen molar-refractivity contribution in [1.29, 1.82) is 0 Å². The summed E-state index contributed by atoms with van der Waals surface area (Å²) in [5.41, 5.74) is -0.923. The van der Waals surface area contributed by atoms with Gasteiger partial charge in [-0.25, -0.2) is 4.98 Å². The number of anilines is 1. The number of carbonyl (C=O) groups excluding carboxylic acids is 1. The van der Waals surface area contributed by atoms with Gasteiger partial charge in [0, 0.05) is 19.1 Å². The Hall–Kier alpha value is -1.79. The van der Waals surface area contributed by atoms with Gasteiger partial charge in [-0.05, 0) is 31.9 Å². The van der Waals surface area contributed by atoms with Crippen LogP contribution in [0.25, 0.3) is 0 Å². The highest BCUT2D eigenvalue weighted by Gasteiger charge is 2.41. The molecule has 0 bridgehead atoms. The Bertz CT molecular complexity index is 561. The molecule has 0 saturated carbocycles. The van der Waals surface area contributed by atoms with Crippen molar-refractivity contribution in [3.63, 3.8) is 0 Å². The van der Waals surface area contributed by atoms with Gasteiger partial charge in [0.25, 0.3) is 0 Å². The summed E-state index contributed by atoms with van der Waals surface area (Å²) in [4.78, 5) is 19.5. The molecule has 2 aliphatic rings. The Balaban J connectivity index is 1.91. The molecule has 3 heterocycles. The first-order valence-electron chi connectivity index (χ1n) is 6.99. The van der Waals surface area contributed by atoms with Crippen molar-refractivity contribution >= 4 is 11.7 Å². The van der Waals surface area contributed by atoms with Crippen molar-refractivity contribution in [2.75, 3.05) is 18.0 Å². The van der Waals surface area contributed by atoms with Crippen molar-refractivity contribution in [3.05, 3.63) is 23.9 Å². The fourth-order valence-corrected chi connectivity index (χ4v) is 3.11. The molecule has 0 radical (unpaired) electrons. The van der Waals surface area contributed by atoms with E-state index in [2.05, 4.69) is 4.98 Å². The Morgan fingerprint density at radius 3 is 2.76 bits per heavy atom. The maximum atomic E-state index is 12.8. The fourth-order valence-electron chi connectivity index (χ4n) is 3.11. The van der Waals surface area contributed by atoms with Crippen LogP contribution in [0.5, 0.6) is 0 Å². The predicted octanol–water partition coefficient (Wildman–Crippen LogP) is 2.30. The molecule has 0 unspecified atom stereocenters. The van der Waals surface area contributed by atoms with Gasteiger partial charge in [0.15, 0.2) is 0 Å². The molecule has 114 valence electrons. The van der Waals surface area contributed by atoms with E-state index in [9.17, 15) is 18.0 Å². The average Bonchev–Trinajstić information content (AvgIpc) is 2.90. The number of alkyl halides is 3. The zero-order valence-electron chi connectivity index (χ0n) is 11.6. The third-order valence-electron chi connectivity index (χ3n) is 4.21. The highest BCUT2D eigenvalue weighted by Crippen LogP contribution is 2.32. The number of nitrogens with zero attached hydrogens (tertiary/aromatic N) is 3. The van der Waals surface area contributed by atoms with E-state index in [1.165, 1.54) is 12.1 Å². The second-order valence-corrected chi connectivity index (χ2v) is 5.53. The molecule has 3 rings (SSSR count). The molecule has 4 nitrogen and oxygen atoms in total. The van der Waals surface area contributed by atoms with Crippen molar-refractivity contribution in [1.82, 2.24) is 9.88 Å². The number of hydrogen-bond donors (Lipinski definition) is 0. The van der Waals surface area contributed by atoms with Crippen LogP contribution in [-0.4, -0.2) is 41.0 Å². The standard InChI is InChI=1S/C14H16F3N3O/c1-9-13(21)19-7-3-4-10(19)8-20(9)12-6-2-5-11(18-12)14(15,16)17/h2,5-6,9-10H,3-4,7-8H2,1H3/t9-,10-/m0/s1. The number of pyridine rings is 1. The first-order valence-corrected chi connectivity index (χ1v) is 6.99. The highest BCUT2D eigenvalue weighted by atomic mass is 19.4. The molecule has 7 heteroatoms. The summed E-state index contributed by atoms with van der Waals surface area (Å²) in [6.45, 7) is 3.01. The van der Waals surface area contributed by atoms with Gasteiger partial charge in [0.2, 0.25) is 5.91 Å². The largest absolute Gasteiger partial charge is 0.433 e. The molecule has 0 N–H and O–H groups in total. The minimum Gasteiger partial charge on any atom is -0.343 e. The van der Waals surface area contributed by atoms with E-state index in [-0.39, 0.29) is 17.8 Å². The van der Waals surface area contributed by atoms with Gasteiger partial charge in [-0.2, -0.15) is 13.2 Å². The van der Waals surface area contributed by atoms with Crippen LogP contribution >= 0.6 is 0 Å². The van der Waals surface area contributed by atoms with E-state index in [0.717, 1.165) is 25.5 Å². The Morgan fingerprint density at radius 1 is 1.29 bits per heavy atom. The summed E-state index contributed by atoms with van der Waals surface area (Å²) >= 11 is 0. The van der Waals surface area contributed by atoms with Gasteiger partial charge < -0.3 is 9.80 Å². The number of halogens is 3. The molecule has 2 saturated heterocycles. The van der Waals surface area contributed by atoms with Gasteiger partial charge in [0.05, 0.1) is 0 Å². The lowest BCUT2D eigenvalue weighted by molar-refractivity contribution is -0.141. The molecule has 0 spiro atoms. The molecule has 1 aromatic heterocycles. The maximum absolute atomic E-state index is 12.8. The van der Waals surface area contributed by atoms with Crippen molar-refractivity contribution < 1.29 is 18.0 Å². The Kier molecular flexibility index (Phi) is 3.30. The summed E-state index contributed by atoms with van der Waals surface area (Å²) in [6, 6.07) is 3.43. The molecular weight excluding hydrogens is 283 g/mol. The summed E-state index contributed by atoms with van der Waals surface area (Å²) in [5.74, 6) is 0.195. The number of fused-ring (bicyclic) bond motifs is 1. The van der Waals surface area contributed by atoms with E-state index in [1.807, 2.05) is 4.90 Å². The normalized spacial score (nSPS) is 26.2. The fraction of sp³-hybridized carbons (Fsp3) is 0.571. The van der Waals surface area contributed by atoms with Gasteiger partial charge in [-0.1, -0.05) is 6.07 Å². The lowest BCUT2D eigenvalue weighted by Gasteiger charge is -2.42. The SMILES string of the molecule is C[C@H]1C(=O)N2CCC[C@H]2CN1c1cccc(C(F)(F)F)n1. The second kappa shape index (κ2) is 4.89. The van der Waals surface area contributed by atoms with E-state index in [1.54, 1.807) is 11.8 Å². The van der Waals surface area contributed by atoms with Gasteiger partial charge in [-0.3, -0.25) is 4.79 Å². The molecular formula is C14H16F3N3O. The van der Waals surface area contributed by atoms with Crippen LogP contribution < -0.4 is 4.90 Å². The lowest BCUT2D eigenvalue weighted by atomic mass is 10.1. The van der Waals surface area contributed by atoms with Crippen LogP contribution in [0.3, 0.4) is 0 Å². The summed E-state index contributed by atoms with van der Waals surface area (Å²) in [7, 11) is 0. The quantitative estimate of drug-likeness (QED) is 0.798. The average molecular weight is 299 g/mol. The molecule has 2 aliphatic heterocycles. The molecule has 2 atom stereocenters. The number of amides is 1. The molecule has 1 aromatic rings. The molecule has 21 heavy (non-hydrogen) atoms. The minimum absolute atomic E-state index is 0.0250. The number of rotatable bonds is 1. The van der Waals surface area contributed by atoms with E-state index in [0.29, 0.717) is 6.54 Å². The van der Waals surface area contributed by atoms with Crippen LogP contribution in [0.4, 0.5) is 19.0 Å². The number of hydrogen-bond acceptors (Lipinski definition) is 3. The maximum Gasteiger partial charge on any atom is 0.433 e. The molecule has 0 aliphatic carbocycles. The van der Waals surface area contributed by atoms with Gasteiger partial charge in [-0.15, -0.1) is 0 Å². The summed E-state index contributed by atoms with van der Waals surface area (Å²) in [6.07, 6.45) is -2.63. The second-order valence-electron chi connectivity index (χ2n) is 5.53. The van der Waals surface area contributed by atoms with Crippen molar-refractivity contribution in [3.8, 4) is 0 Å². The molecule has 0 aromatic carbocycles. The van der Waals surface area contributed by atoms with Gasteiger partial charge >= 0.3 is 6.18 Å². The van der Waals surface area contributed by atoms with Crippen LogP contribution in [0.1, 0.15) is 25.5 Å². The van der Waals surface area contributed by atoms with Crippen molar-refractivity contribution in [2.24, 2.45) is 0 Å². The molecule has 2 fully saturated rings. The van der Waals surface area contributed by atoms with Gasteiger partial charge in [0.1, 0.15) is 17.6 Å². The van der Waals surface area contributed by atoms with Crippen LogP contribution in [-0.2, 0) is 11.0 Å². The van der Waals surface area contributed by atoms with E-state index < -0.39 is 17.9 Å².